The summed E-state index contributed by atoms with van der Waals surface area (Å²) in [4.78, 5) is 55.9. The van der Waals surface area contributed by atoms with Gasteiger partial charge in [0.05, 0.1) is 25.2 Å². The number of carbonyl (C=O) groups is 4. The van der Waals surface area contributed by atoms with Gasteiger partial charge in [-0.15, -0.1) is 0 Å². The molecule has 4 aromatic carbocycles. The summed E-state index contributed by atoms with van der Waals surface area (Å²) in [6, 6.07) is 26.6. The van der Waals surface area contributed by atoms with Crippen molar-refractivity contribution in [1.82, 2.24) is 10.2 Å². The summed E-state index contributed by atoms with van der Waals surface area (Å²) in [5.41, 5.74) is 6.46. The molecule has 2 fully saturated rings. The summed E-state index contributed by atoms with van der Waals surface area (Å²) < 4.78 is 12.0. The third kappa shape index (κ3) is 5.72. The van der Waals surface area contributed by atoms with Gasteiger partial charge in [0.15, 0.2) is 0 Å². The average Bonchev–Trinajstić information content (AvgIpc) is 3.62. The van der Waals surface area contributed by atoms with Crippen LogP contribution in [-0.2, 0) is 24.5 Å². The largest absolute Gasteiger partial charge is 0.491 e. The van der Waals surface area contributed by atoms with Gasteiger partial charge in [-0.3, -0.25) is 19.3 Å². The molecule has 1 spiro atoms. The molecule has 7 rings (SSSR count). The first kappa shape index (κ1) is 33.3. The molecule has 0 radical (unpaired) electrons. The van der Waals surface area contributed by atoms with Gasteiger partial charge in [-0.25, -0.2) is 4.79 Å². The molecule has 12 heteroatoms. The molecule has 0 saturated carbocycles. The number of primary amides is 1. The van der Waals surface area contributed by atoms with E-state index in [4.69, 9.17) is 15.2 Å². The number of nitrogens with one attached hydrogen (secondary N) is 2. The maximum atomic E-state index is 14.8. The number of urea groups is 1. The van der Waals surface area contributed by atoms with Crippen molar-refractivity contribution in [2.24, 2.45) is 11.7 Å². The van der Waals surface area contributed by atoms with Crippen molar-refractivity contribution in [2.45, 2.75) is 29.6 Å². The molecule has 51 heavy (non-hydrogen) atoms. The number of cyclic esters (lactones) is 1. The number of nitrogens with zero attached hydrogens (tertiary/aromatic N) is 1. The van der Waals surface area contributed by atoms with E-state index in [1.807, 2.05) is 65.6 Å². The molecule has 0 unspecified atom stereocenters. The highest BCUT2D eigenvalue weighted by molar-refractivity contribution is 6.11. The van der Waals surface area contributed by atoms with Crippen molar-refractivity contribution >= 4 is 29.6 Å². The summed E-state index contributed by atoms with van der Waals surface area (Å²) in [7, 11) is 0. The Kier molecular flexibility index (Phi) is 8.91. The average molecular weight is 687 g/mol. The molecule has 3 heterocycles. The second kappa shape index (κ2) is 13.6. The van der Waals surface area contributed by atoms with Crippen LogP contribution in [0.3, 0.4) is 0 Å². The van der Waals surface area contributed by atoms with Gasteiger partial charge in [-0.2, -0.15) is 0 Å². The van der Waals surface area contributed by atoms with E-state index in [2.05, 4.69) is 22.5 Å². The molecule has 0 aliphatic carbocycles. The first-order valence-electron chi connectivity index (χ1n) is 16.4. The van der Waals surface area contributed by atoms with Crippen LogP contribution < -0.4 is 21.1 Å². The number of anilines is 1. The molecule has 3 amide bonds. The van der Waals surface area contributed by atoms with Crippen LogP contribution in [0.5, 0.6) is 5.75 Å². The lowest BCUT2D eigenvalue weighted by molar-refractivity contribution is -0.179. The number of ether oxygens (including phenoxy) is 2. The number of carboxylic acid groups (broad SMARTS) is 1. The topological polar surface area (TPSA) is 181 Å². The number of morpholine rings is 1. The monoisotopic (exact) mass is 686 g/mol. The smallest absolute Gasteiger partial charge is 0.325 e. The molecule has 3 aliphatic rings. The van der Waals surface area contributed by atoms with Crippen LogP contribution in [0.25, 0.3) is 0 Å². The Morgan fingerprint density at radius 2 is 1.63 bits per heavy atom. The van der Waals surface area contributed by atoms with E-state index in [0.717, 1.165) is 5.56 Å². The molecular formula is C39H34N4O8. The number of benzene rings is 4. The maximum absolute atomic E-state index is 14.8. The van der Waals surface area contributed by atoms with Gasteiger partial charge in [0, 0.05) is 11.3 Å². The highest BCUT2D eigenvalue weighted by atomic mass is 16.6. The van der Waals surface area contributed by atoms with Gasteiger partial charge in [0.25, 0.3) is 0 Å². The molecule has 6 atom stereocenters. The van der Waals surface area contributed by atoms with Crippen LogP contribution in [0, 0.1) is 17.8 Å². The van der Waals surface area contributed by atoms with Gasteiger partial charge in [0.2, 0.25) is 5.91 Å². The highest BCUT2D eigenvalue weighted by Crippen LogP contribution is 2.64. The maximum Gasteiger partial charge on any atom is 0.325 e. The number of hydrogen-bond donors (Lipinski definition) is 5. The number of nitrogens with two attached hydrogens (primary N) is 1. The number of amides is 3. The standard InChI is InChI=1S/C39H34N4O8/c40-38(49)41-18-8-9-23-16-17-29-28(21-23)39(37(48)42-29)30(35(45)46)32-36(47)51-33(25-12-5-2-6-13-25)31(24-10-3-1-4-11-24)43(32)34(39)26-14-7-15-27(22-26)50-20-19-44/h1-7,10-17,21-22,30-34,44H,18-20H2,(H,42,48)(H,45,46)(H3,40,41,49)/t30-,31-,32-,33+,34+,39-/m1/s1. The highest BCUT2D eigenvalue weighted by Gasteiger charge is 2.74. The van der Waals surface area contributed by atoms with Gasteiger partial charge >= 0.3 is 18.0 Å². The van der Waals surface area contributed by atoms with E-state index in [9.17, 15) is 29.4 Å². The Bertz CT molecular complexity index is 2060. The first-order chi connectivity index (χ1) is 24.7. The molecule has 0 bridgehead atoms. The van der Waals surface area contributed by atoms with Crippen molar-refractivity contribution in [3.63, 3.8) is 0 Å². The Morgan fingerprint density at radius 3 is 2.31 bits per heavy atom. The predicted molar refractivity (Wildman–Crippen MR) is 184 cm³/mol. The number of carbonyl (C=O) groups excluding carboxylic acids is 3. The van der Waals surface area contributed by atoms with Crippen molar-refractivity contribution in [2.75, 3.05) is 25.1 Å². The SMILES string of the molecule is NC(=O)NCC#Cc1ccc2c(c1)[C@]1(C(=O)N2)[C@H](c2cccc(OCCO)c2)N2[C@H](c3ccccc3)[C@H](c3ccccc3)OC(=O)[C@H]2[C@@H]1C(=O)O. The van der Waals surface area contributed by atoms with E-state index < -0.39 is 59.4 Å². The molecule has 3 aliphatic heterocycles. The molecule has 258 valence electrons. The minimum absolute atomic E-state index is 0.00829. The fraction of sp³-hybridized carbons (Fsp3) is 0.231. The zero-order valence-electron chi connectivity index (χ0n) is 27.2. The number of rotatable bonds is 8. The van der Waals surface area contributed by atoms with Crippen LogP contribution in [0.15, 0.2) is 103 Å². The quantitative estimate of drug-likeness (QED) is 0.137. The van der Waals surface area contributed by atoms with Gasteiger partial charge < -0.3 is 36.1 Å². The molecule has 6 N–H and O–H groups in total. The molecule has 0 aromatic heterocycles. The number of fused-ring (bicyclic) bond motifs is 3. The third-order valence-corrected chi connectivity index (χ3v) is 9.69. The number of aliphatic hydroxyl groups excluding tert-OH is 1. The minimum Gasteiger partial charge on any atom is -0.491 e. The number of aliphatic carboxylic acids is 1. The van der Waals surface area contributed by atoms with E-state index >= 15 is 0 Å². The third-order valence-electron chi connectivity index (χ3n) is 9.69. The second-order valence-electron chi connectivity index (χ2n) is 12.5. The van der Waals surface area contributed by atoms with Crippen molar-refractivity contribution in [1.29, 1.82) is 0 Å². The zero-order chi connectivity index (χ0) is 35.7. The fourth-order valence-electron chi connectivity index (χ4n) is 7.87. The second-order valence-corrected chi connectivity index (χ2v) is 12.5. The number of carboxylic acids is 1. The van der Waals surface area contributed by atoms with Crippen LogP contribution in [0.4, 0.5) is 10.5 Å². The van der Waals surface area contributed by atoms with E-state index in [-0.39, 0.29) is 19.8 Å². The van der Waals surface area contributed by atoms with Gasteiger partial charge in [0.1, 0.15) is 35.8 Å². The number of hydrogen-bond acceptors (Lipinski definition) is 8. The summed E-state index contributed by atoms with van der Waals surface area (Å²) in [5, 5.41) is 26.0. The Labute approximate surface area is 293 Å². The lowest BCUT2D eigenvalue weighted by Gasteiger charge is -2.46. The van der Waals surface area contributed by atoms with Crippen LogP contribution in [0.1, 0.15) is 46.0 Å². The summed E-state index contributed by atoms with van der Waals surface area (Å²) in [6.45, 7) is -0.256. The van der Waals surface area contributed by atoms with Crippen LogP contribution in [0.2, 0.25) is 0 Å². The molecule has 4 aromatic rings. The zero-order valence-corrected chi connectivity index (χ0v) is 27.2. The van der Waals surface area contributed by atoms with Gasteiger partial charge in [-0.1, -0.05) is 84.6 Å². The number of esters is 1. The Hall–Kier alpha value is -6.16. The summed E-state index contributed by atoms with van der Waals surface area (Å²) in [5.74, 6) is 1.84. The predicted octanol–water partition coefficient (Wildman–Crippen LogP) is 3.43. The van der Waals surface area contributed by atoms with Crippen molar-refractivity contribution in [3.8, 4) is 17.6 Å². The molecule has 12 nitrogen and oxygen atoms in total. The molecular weight excluding hydrogens is 652 g/mol. The van der Waals surface area contributed by atoms with E-state index in [1.54, 1.807) is 42.5 Å². The minimum atomic E-state index is -1.87. The van der Waals surface area contributed by atoms with Gasteiger partial charge in [-0.05, 0) is 52.6 Å². The van der Waals surface area contributed by atoms with Crippen LogP contribution >= 0.6 is 0 Å². The number of aliphatic hydroxyl groups is 1. The Morgan fingerprint density at radius 1 is 0.922 bits per heavy atom. The van der Waals surface area contributed by atoms with Crippen LogP contribution in [-0.4, -0.2) is 64.8 Å². The summed E-state index contributed by atoms with van der Waals surface area (Å²) in [6.07, 6.45) is -0.864. The lowest BCUT2D eigenvalue weighted by Crippen LogP contribution is -2.52. The fourth-order valence-corrected chi connectivity index (χ4v) is 7.87. The Balaban J connectivity index is 1.51. The van der Waals surface area contributed by atoms with Crippen molar-refractivity contribution in [3.05, 3.63) is 131 Å². The normalized spacial score (nSPS) is 24.8. The first-order valence-corrected chi connectivity index (χ1v) is 16.4. The van der Waals surface area contributed by atoms with E-state index in [0.29, 0.717) is 33.7 Å². The lowest BCUT2D eigenvalue weighted by atomic mass is 9.65. The summed E-state index contributed by atoms with van der Waals surface area (Å²) >= 11 is 0. The molecule has 2 saturated heterocycles. The van der Waals surface area contributed by atoms with E-state index in [1.165, 1.54) is 0 Å². The van der Waals surface area contributed by atoms with Crippen molar-refractivity contribution < 1.29 is 38.9 Å².